The van der Waals surface area contributed by atoms with Crippen molar-refractivity contribution in [1.82, 2.24) is 10.6 Å². The van der Waals surface area contributed by atoms with Gasteiger partial charge >= 0.3 is 0 Å². The van der Waals surface area contributed by atoms with E-state index in [4.69, 9.17) is 10.2 Å². The van der Waals surface area contributed by atoms with E-state index >= 15 is 0 Å². The number of benzene rings is 1. The minimum absolute atomic E-state index is 0.0133. The average molecular weight is 821 g/mol. The number of anilines is 1. The van der Waals surface area contributed by atoms with E-state index in [9.17, 15) is 34.8 Å². The Morgan fingerprint density at radius 2 is 1.15 bits per heavy atom. The highest BCUT2D eigenvalue weighted by atomic mass is 127. The molecule has 0 spiro atoms. The Labute approximate surface area is 236 Å². The van der Waals surface area contributed by atoms with Gasteiger partial charge in [-0.05, 0) is 67.8 Å². The van der Waals surface area contributed by atoms with E-state index in [0.717, 1.165) is 4.90 Å². The number of aliphatic hydroxyl groups is 6. The molecule has 3 amide bonds. The molecule has 1 aromatic rings. The molecule has 8 N–H and O–H groups in total. The van der Waals surface area contributed by atoms with Crippen molar-refractivity contribution in [3.05, 3.63) is 21.8 Å². The first-order valence-corrected chi connectivity index (χ1v) is 13.1. The van der Waals surface area contributed by atoms with Crippen LogP contribution in [0.4, 0.5) is 5.69 Å². The van der Waals surface area contributed by atoms with Gasteiger partial charge in [0.25, 0.3) is 11.8 Å². The number of nitrogens with one attached hydrogen (secondary N) is 2. The van der Waals surface area contributed by atoms with Gasteiger partial charge in [-0.3, -0.25) is 14.4 Å². The second-order valence-corrected chi connectivity index (χ2v) is 10.3. The van der Waals surface area contributed by atoms with E-state index < -0.39 is 55.9 Å². The average Bonchev–Trinajstić information content (AvgIpc) is 2.79. The lowest BCUT2D eigenvalue weighted by Crippen LogP contribution is -2.41. The molecule has 1 aromatic carbocycles. The zero-order chi connectivity index (χ0) is 26.2. The molecule has 1 rings (SSSR count). The Kier molecular flexibility index (Phi) is 13.9. The van der Waals surface area contributed by atoms with Crippen LogP contribution in [0.3, 0.4) is 0 Å². The number of rotatable bonds is 12. The highest BCUT2D eigenvalue weighted by Crippen LogP contribution is 2.38. The second kappa shape index (κ2) is 15.0. The van der Waals surface area contributed by atoms with Crippen molar-refractivity contribution in [2.75, 3.05) is 44.4 Å². The van der Waals surface area contributed by atoms with Gasteiger partial charge in [-0.15, -0.1) is 0 Å². The highest BCUT2D eigenvalue weighted by Gasteiger charge is 2.32. The summed E-state index contributed by atoms with van der Waals surface area (Å²) in [7, 11) is 0. The van der Waals surface area contributed by atoms with Crippen LogP contribution in [-0.2, 0) is 4.79 Å². The van der Waals surface area contributed by atoms with Gasteiger partial charge < -0.3 is 46.2 Å². The van der Waals surface area contributed by atoms with Crippen molar-refractivity contribution in [3.63, 3.8) is 0 Å². The van der Waals surface area contributed by atoms with Gasteiger partial charge in [0.2, 0.25) is 5.91 Å². The van der Waals surface area contributed by atoms with Gasteiger partial charge in [0.1, 0.15) is 0 Å². The molecule has 0 fully saturated rings. The molecule has 15 heteroatoms. The fourth-order valence-electron chi connectivity index (χ4n) is 2.66. The fourth-order valence-corrected chi connectivity index (χ4v) is 7.39. The van der Waals surface area contributed by atoms with Gasteiger partial charge in [0.05, 0.1) is 68.6 Å². The molecular weight excluding hydrogens is 795 g/mol. The first kappa shape index (κ1) is 31.6. The summed E-state index contributed by atoms with van der Waals surface area (Å²) in [5.41, 5.74) is 0.182. The van der Waals surface area contributed by atoms with Crippen molar-refractivity contribution in [3.8, 4) is 0 Å². The monoisotopic (exact) mass is 821 g/mol. The molecule has 12 nitrogen and oxygen atoms in total. The summed E-state index contributed by atoms with van der Waals surface area (Å²) in [5, 5.41) is 61.3. The molecule has 0 saturated heterocycles. The predicted octanol–water partition coefficient (Wildman–Crippen LogP) is -1.63. The Balaban J connectivity index is 3.73. The third-order valence-corrected chi connectivity index (χ3v) is 7.60. The lowest BCUT2D eigenvalue weighted by molar-refractivity contribution is -0.117. The third kappa shape index (κ3) is 8.32. The summed E-state index contributed by atoms with van der Waals surface area (Å²) in [4.78, 5) is 39.6. The molecular formula is C19H26I3N3O9. The van der Waals surface area contributed by atoms with Crippen molar-refractivity contribution in [1.29, 1.82) is 0 Å². The van der Waals surface area contributed by atoms with E-state index in [-0.39, 0.29) is 47.2 Å². The lowest BCUT2D eigenvalue weighted by Gasteiger charge is -2.28. The zero-order valence-corrected chi connectivity index (χ0v) is 24.4. The molecule has 0 saturated carbocycles. The predicted molar refractivity (Wildman–Crippen MR) is 147 cm³/mol. The number of halogens is 3. The van der Waals surface area contributed by atoms with Crippen molar-refractivity contribution >= 4 is 91.2 Å². The smallest absolute Gasteiger partial charge is 0.253 e. The summed E-state index contributed by atoms with van der Waals surface area (Å²) >= 11 is 5.47. The molecule has 0 radical (unpaired) electrons. The van der Waals surface area contributed by atoms with Gasteiger partial charge in [-0.2, -0.15) is 0 Å². The number of carbonyl (C=O) groups excluding carboxylic acids is 3. The van der Waals surface area contributed by atoms with Crippen LogP contribution in [0, 0.1) is 10.7 Å². The fraction of sp³-hybridized carbons (Fsp3) is 0.526. The summed E-state index contributed by atoms with van der Waals surface area (Å²) < 4.78 is 0.762. The van der Waals surface area contributed by atoms with Crippen LogP contribution in [0.15, 0.2) is 0 Å². The van der Waals surface area contributed by atoms with Crippen LogP contribution < -0.4 is 15.5 Å². The number of nitrogens with zero attached hydrogens (tertiary/aromatic N) is 1. The first-order valence-electron chi connectivity index (χ1n) is 9.82. The van der Waals surface area contributed by atoms with Crippen LogP contribution in [-0.4, -0.2) is 106 Å². The molecule has 0 aliphatic heterocycles. The van der Waals surface area contributed by atoms with E-state index in [1.165, 1.54) is 6.92 Å². The molecule has 3 atom stereocenters. The normalized spacial score (nSPS) is 13.7. The second-order valence-electron chi connectivity index (χ2n) is 7.10. The van der Waals surface area contributed by atoms with E-state index in [0.29, 0.717) is 0 Å². The standard InChI is InChI=1S/C19H26I3N3O9/c1-8(29)25(4-11(32)7-28)17-15(21)12(18(33)23-2-9(30)5-26)14(20)13(16(17)22)19(34)24-3-10(31)6-27/h9-11,26-28,30-32H,2-7H2,1H3,(H,23,33)(H,24,34)/t9-,10-,11-/m0/s1. The maximum atomic E-state index is 13.0. The minimum Gasteiger partial charge on any atom is -0.394 e. The maximum Gasteiger partial charge on any atom is 0.253 e. The van der Waals surface area contributed by atoms with Crippen molar-refractivity contribution in [2.45, 2.75) is 25.2 Å². The third-order valence-electron chi connectivity index (χ3n) is 4.42. The Morgan fingerprint density at radius 3 is 1.47 bits per heavy atom. The number of hydrogen-bond donors (Lipinski definition) is 8. The molecule has 0 aromatic heterocycles. The minimum atomic E-state index is -1.29. The summed E-state index contributed by atoms with van der Waals surface area (Å²) in [6.45, 7) is -1.41. The van der Waals surface area contributed by atoms with Gasteiger partial charge in [-0.1, -0.05) is 0 Å². The number of carbonyl (C=O) groups is 3. The molecule has 0 aliphatic carbocycles. The van der Waals surface area contributed by atoms with E-state index in [1.54, 1.807) is 22.6 Å². The van der Waals surface area contributed by atoms with Crippen LogP contribution in [0.5, 0.6) is 0 Å². The Hall–Kier alpha value is -0.420. The number of aliphatic hydroxyl groups excluding tert-OH is 6. The Morgan fingerprint density at radius 1 is 0.765 bits per heavy atom. The molecule has 0 unspecified atom stereocenters. The summed E-state index contributed by atoms with van der Waals surface area (Å²) in [6.07, 6.45) is -3.71. The maximum absolute atomic E-state index is 13.0. The Bertz CT molecular complexity index is 850. The summed E-state index contributed by atoms with van der Waals surface area (Å²) in [5.74, 6) is -1.89. The van der Waals surface area contributed by atoms with Gasteiger partial charge in [0, 0.05) is 23.6 Å². The molecule has 0 aliphatic rings. The largest absolute Gasteiger partial charge is 0.394 e. The zero-order valence-electron chi connectivity index (χ0n) is 18.0. The van der Waals surface area contributed by atoms with Gasteiger partial charge in [0.15, 0.2) is 0 Å². The molecule has 0 heterocycles. The van der Waals surface area contributed by atoms with Crippen LogP contribution in [0.2, 0.25) is 0 Å². The quantitative estimate of drug-likeness (QED) is 0.114. The number of amides is 3. The first-order chi connectivity index (χ1) is 15.9. The number of hydrogen-bond acceptors (Lipinski definition) is 9. The van der Waals surface area contributed by atoms with Crippen molar-refractivity contribution in [2.24, 2.45) is 0 Å². The summed E-state index contributed by atoms with van der Waals surface area (Å²) in [6, 6.07) is 0. The molecule has 0 bridgehead atoms. The van der Waals surface area contributed by atoms with Crippen molar-refractivity contribution < 1.29 is 45.0 Å². The van der Waals surface area contributed by atoms with Crippen LogP contribution >= 0.6 is 67.8 Å². The molecule has 192 valence electrons. The van der Waals surface area contributed by atoms with Gasteiger partial charge in [-0.25, -0.2) is 0 Å². The van der Waals surface area contributed by atoms with Crippen LogP contribution in [0.1, 0.15) is 27.6 Å². The highest BCUT2D eigenvalue weighted by molar-refractivity contribution is 14.1. The topological polar surface area (TPSA) is 200 Å². The van der Waals surface area contributed by atoms with Crippen LogP contribution in [0.25, 0.3) is 0 Å². The van der Waals surface area contributed by atoms with E-state index in [1.807, 2.05) is 45.2 Å². The SMILES string of the molecule is CC(=O)N(C[C@H](O)CO)c1c(I)c(C(=O)NC[C@H](O)CO)c(I)c(C(=O)NC[C@H](O)CO)c1I. The molecule has 34 heavy (non-hydrogen) atoms. The lowest BCUT2D eigenvalue weighted by atomic mass is 10.1. The van der Waals surface area contributed by atoms with E-state index in [2.05, 4.69) is 10.6 Å².